The summed E-state index contributed by atoms with van der Waals surface area (Å²) in [6, 6.07) is 4.70. The molecular weight excluding hydrogens is 308 g/mol. The van der Waals surface area contributed by atoms with E-state index in [1.165, 1.54) is 4.90 Å². The van der Waals surface area contributed by atoms with Crippen LogP contribution in [0, 0.1) is 0 Å². The van der Waals surface area contributed by atoms with Gasteiger partial charge in [-0.1, -0.05) is 11.6 Å². The number of carbonyl (C=O) groups is 3. The Morgan fingerprint density at radius 2 is 1.95 bits per heavy atom. The highest BCUT2D eigenvalue weighted by atomic mass is 35.5. The van der Waals surface area contributed by atoms with E-state index in [2.05, 4.69) is 5.32 Å². The molecule has 2 amide bonds. The van der Waals surface area contributed by atoms with Crippen LogP contribution in [0.4, 0.5) is 0 Å². The normalized spacial score (nSPS) is 18.8. The zero-order valence-corrected chi connectivity index (χ0v) is 12.8. The van der Waals surface area contributed by atoms with Crippen molar-refractivity contribution in [1.29, 1.82) is 0 Å². The van der Waals surface area contributed by atoms with E-state index in [0.29, 0.717) is 30.0 Å². The first-order chi connectivity index (χ1) is 10.4. The number of amides is 2. The lowest BCUT2D eigenvalue weighted by Crippen LogP contribution is -2.50. The van der Waals surface area contributed by atoms with Crippen molar-refractivity contribution in [2.75, 3.05) is 6.54 Å². The van der Waals surface area contributed by atoms with Gasteiger partial charge in [-0.2, -0.15) is 0 Å². The molecule has 2 atom stereocenters. The third kappa shape index (κ3) is 3.57. The number of nitrogens with zero attached hydrogens (tertiary/aromatic N) is 1. The van der Waals surface area contributed by atoms with E-state index in [1.807, 2.05) is 0 Å². The molecule has 0 bridgehead atoms. The van der Waals surface area contributed by atoms with E-state index in [1.54, 1.807) is 31.2 Å². The Morgan fingerprint density at radius 1 is 1.32 bits per heavy atom. The minimum atomic E-state index is -1.01. The van der Waals surface area contributed by atoms with Crippen LogP contribution in [-0.4, -0.2) is 46.4 Å². The van der Waals surface area contributed by atoms with Crippen molar-refractivity contribution in [3.63, 3.8) is 0 Å². The van der Waals surface area contributed by atoms with Gasteiger partial charge in [-0.25, -0.2) is 4.79 Å². The lowest BCUT2D eigenvalue weighted by Gasteiger charge is -2.25. The van der Waals surface area contributed by atoms with E-state index < -0.39 is 24.0 Å². The lowest BCUT2D eigenvalue weighted by molar-refractivity contribution is -0.148. The van der Waals surface area contributed by atoms with Gasteiger partial charge in [0.2, 0.25) is 5.91 Å². The molecule has 22 heavy (non-hydrogen) atoms. The molecule has 1 aromatic rings. The maximum absolute atomic E-state index is 12.3. The van der Waals surface area contributed by atoms with Gasteiger partial charge in [-0.3, -0.25) is 9.59 Å². The maximum Gasteiger partial charge on any atom is 0.326 e. The van der Waals surface area contributed by atoms with Crippen LogP contribution in [0.3, 0.4) is 0 Å². The molecular formula is C15H17ClN2O4. The van der Waals surface area contributed by atoms with E-state index in [0.717, 1.165) is 0 Å². The number of hydrogen-bond acceptors (Lipinski definition) is 3. The highest BCUT2D eigenvalue weighted by Gasteiger charge is 2.36. The first-order valence-corrected chi connectivity index (χ1v) is 7.37. The molecule has 2 N–H and O–H groups in total. The summed E-state index contributed by atoms with van der Waals surface area (Å²) in [5, 5.41) is 12.2. The molecule has 1 aliphatic heterocycles. The quantitative estimate of drug-likeness (QED) is 0.879. The Labute approximate surface area is 133 Å². The molecule has 0 spiro atoms. The molecule has 1 heterocycles. The van der Waals surface area contributed by atoms with Crippen molar-refractivity contribution >= 4 is 29.4 Å². The molecule has 1 aromatic carbocycles. The van der Waals surface area contributed by atoms with Crippen LogP contribution < -0.4 is 5.32 Å². The number of rotatable bonds is 4. The highest BCUT2D eigenvalue weighted by Crippen LogP contribution is 2.18. The Balaban J connectivity index is 2.00. The average molecular weight is 325 g/mol. The number of carboxylic acids is 1. The van der Waals surface area contributed by atoms with Gasteiger partial charge in [0.1, 0.15) is 12.1 Å². The molecule has 6 nitrogen and oxygen atoms in total. The summed E-state index contributed by atoms with van der Waals surface area (Å²) >= 11 is 5.76. The van der Waals surface area contributed by atoms with Crippen LogP contribution in [-0.2, 0) is 9.59 Å². The molecule has 0 aromatic heterocycles. The van der Waals surface area contributed by atoms with Crippen LogP contribution in [0.1, 0.15) is 30.1 Å². The van der Waals surface area contributed by atoms with Crippen molar-refractivity contribution < 1.29 is 19.5 Å². The number of halogens is 1. The van der Waals surface area contributed by atoms with Crippen molar-refractivity contribution in [3.8, 4) is 0 Å². The summed E-state index contributed by atoms with van der Waals surface area (Å²) in [4.78, 5) is 36.8. The van der Waals surface area contributed by atoms with Crippen LogP contribution in [0.15, 0.2) is 24.3 Å². The number of likely N-dealkylation sites (tertiary alicyclic amines) is 1. The van der Waals surface area contributed by atoms with Gasteiger partial charge >= 0.3 is 5.97 Å². The van der Waals surface area contributed by atoms with Gasteiger partial charge in [0.15, 0.2) is 0 Å². The van der Waals surface area contributed by atoms with Gasteiger partial charge in [0, 0.05) is 17.1 Å². The molecule has 0 saturated carbocycles. The van der Waals surface area contributed by atoms with Gasteiger partial charge < -0.3 is 15.3 Å². The molecule has 0 aliphatic carbocycles. The highest BCUT2D eigenvalue weighted by molar-refractivity contribution is 6.30. The summed E-state index contributed by atoms with van der Waals surface area (Å²) < 4.78 is 0. The summed E-state index contributed by atoms with van der Waals surface area (Å²) in [6.45, 7) is 1.95. The summed E-state index contributed by atoms with van der Waals surface area (Å²) in [6.07, 6.45) is 1.10. The number of aliphatic carboxylic acids is 1. The van der Waals surface area contributed by atoms with Crippen LogP contribution in [0.2, 0.25) is 5.02 Å². The van der Waals surface area contributed by atoms with Crippen molar-refractivity contribution in [1.82, 2.24) is 10.2 Å². The molecule has 1 saturated heterocycles. The molecule has 7 heteroatoms. The standard InChI is InChI=1S/C15H17ClN2O4/c1-9(14(20)18-8-2-3-12(18)15(21)22)17-13(19)10-4-6-11(16)7-5-10/h4-7,9,12H,2-3,8H2,1H3,(H,17,19)(H,21,22)/t9-,12-/m0/s1. The minimum absolute atomic E-state index is 0.382. The Kier molecular flexibility index (Phi) is 5.03. The SMILES string of the molecule is C[C@H](NC(=O)c1ccc(Cl)cc1)C(=O)N1CCC[C@H]1C(=O)O. The fourth-order valence-electron chi connectivity index (χ4n) is 2.48. The predicted molar refractivity (Wildman–Crippen MR) is 80.8 cm³/mol. The maximum atomic E-state index is 12.3. The van der Waals surface area contributed by atoms with Gasteiger partial charge in [0.25, 0.3) is 5.91 Å². The number of hydrogen-bond donors (Lipinski definition) is 2. The second-order valence-corrected chi connectivity index (χ2v) is 5.67. The predicted octanol–water partition coefficient (Wildman–Crippen LogP) is 1.53. The average Bonchev–Trinajstić information content (AvgIpc) is 2.96. The number of benzene rings is 1. The number of nitrogens with one attached hydrogen (secondary N) is 1. The van der Waals surface area contributed by atoms with Crippen molar-refractivity contribution in [3.05, 3.63) is 34.9 Å². The van der Waals surface area contributed by atoms with Crippen molar-refractivity contribution in [2.24, 2.45) is 0 Å². The second kappa shape index (κ2) is 6.79. The number of carbonyl (C=O) groups excluding carboxylic acids is 2. The van der Waals surface area contributed by atoms with Gasteiger partial charge in [-0.15, -0.1) is 0 Å². The summed E-state index contributed by atoms with van der Waals surface area (Å²) in [5.74, 6) is -1.79. The monoisotopic (exact) mass is 324 g/mol. The Bertz CT molecular complexity index is 588. The minimum Gasteiger partial charge on any atom is -0.480 e. The largest absolute Gasteiger partial charge is 0.480 e. The van der Waals surface area contributed by atoms with Crippen LogP contribution >= 0.6 is 11.6 Å². The van der Waals surface area contributed by atoms with Gasteiger partial charge in [-0.05, 0) is 44.0 Å². The summed E-state index contributed by atoms with van der Waals surface area (Å²) in [7, 11) is 0. The zero-order chi connectivity index (χ0) is 16.3. The second-order valence-electron chi connectivity index (χ2n) is 5.23. The third-order valence-corrected chi connectivity index (χ3v) is 3.90. The van der Waals surface area contributed by atoms with E-state index in [-0.39, 0.29) is 5.91 Å². The van der Waals surface area contributed by atoms with Crippen LogP contribution in [0.5, 0.6) is 0 Å². The summed E-state index contributed by atoms with van der Waals surface area (Å²) in [5.41, 5.74) is 0.389. The molecule has 1 fully saturated rings. The van der Waals surface area contributed by atoms with E-state index >= 15 is 0 Å². The zero-order valence-electron chi connectivity index (χ0n) is 12.1. The van der Waals surface area contributed by atoms with Gasteiger partial charge in [0.05, 0.1) is 0 Å². The first-order valence-electron chi connectivity index (χ1n) is 7.00. The molecule has 2 rings (SSSR count). The molecule has 1 aliphatic rings. The topological polar surface area (TPSA) is 86.7 Å². The smallest absolute Gasteiger partial charge is 0.326 e. The third-order valence-electron chi connectivity index (χ3n) is 3.65. The first kappa shape index (κ1) is 16.3. The van der Waals surface area contributed by atoms with Crippen molar-refractivity contribution in [2.45, 2.75) is 31.8 Å². The molecule has 118 valence electrons. The van der Waals surface area contributed by atoms with Crippen LogP contribution in [0.25, 0.3) is 0 Å². The van der Waals surface area contributed by atoms with E-state index in [9.17, 15) is 14.4 Å². The fraction of sp³-hybridized carbons (Fsp3) is 0.400. The molecule has 0 radical (unpaired) electrons. The number of carboxylic acid groups (broad SMARTS) is 1. The lowest BCUT2D eigenvalue weighted by atomic mass is 10.2. The fourth-order valence-corrected chi connectivity index (χ4v) is 2.60. The molecule has 0 unspecified atom stereocenters. The van der Waals surface area contributed by atoms with E-state index in [4.69, 9.17) is 16.7 Å². The Morgan fingerprint density at radius 3 is 2.55 bits per heavy atom. The Hall–Kier alpha value is -2.08.